The van der Waals surface area contributed by atoms with Crippen molar-refractivity contribution in [1.82, 2.24) is 0 Å². The molecule has 1 heteroatoms. The number of hydrogen-bond acceptors (Lipinski definition) is 0. The molecule has 0 saturated heterocycles. The molecular weight excluding hydrogens is 158 g/mol. The van der Waals surface area contributed by atoms with Crippen LogP contribution in [0.2, 0.25) is 4.37 Å². The van der Waals surface area contributed by atoms with Crippen molar-refractivity contribution in [3.05, 3.63) is 12.7 Å². The van der Waals surface area contributed by atoms with Crippen molar-refractivity contribution in [2.24, 2.45) is 0 Å². The minimum atomic E-state index is 0. The van der Waals surface area contributed by atoms with Crippen molar-refractivity contribution in [3.8, 4) is 0 Å². The van der Waals surface area contributed by atoms with Crippen LogP contribution in [0, 0.1) is 0 Å². The topological polar surface area (TPSA) is 0 Å². The van der Waals surface area contributed by atoms with Gasteiger partial charge in [-0.15, -0.1) is 0 Å². The molecule has 0 aromatic heterocycles. The van der Waals surface area contributed by atoms with Crippen molar-refractivity contribution in [2.45, 2.75) is 4.37 Å². The summed E-state index contributed by atoms with van der Waals surface area (Å²) in [5.74, 6) is 0. The minimum Gasteiger partial charge on any atom is -1.00 e. The van der Waals surface area contributed by atoms with Crippen LogP contribution in [0.25, 0.3) is 0 Å². The zero-order chi connectivity index (χ0) is 3.41. The van der Waals surface area contributed by atoms with Crippen LogP contribution in [0.3, 0.4) is 0 Å². The summed E-state index contributed by atoms with van der Waals surface area (Å²) in [4.78, 5) is 0. The maximum absolute atomic E-state index is 3.49. The molecule has 0 aliphatic rings. The first kappa shape index (κ1) is 4.56. The Morgan fingerprint density at radius 3 is 2.50 bits per heavy atom. The molecule has 0 nitrogen and oxygen atoms in total. The Balaban J connectivity index is 0. The molecule has 0 atom stereocenters. The van der Waals surface area contributed by atoms with Gasteiger partial charge >= 0.3 is 40.0 Å². The molecular formula is C3H6Sb-. The summed E-state index contributed by atoms with van der Waals surface area (Å²) in [6.07, 6.45) is 1.90. The maximum Gasteiger partial charge on any atom is -1.00 e. The fraction of sp³-hybridized carbons (Fsp3) is 0.333. The molecule has 0 aliphatic carbocycles. The van der Waals surface area contributed by atoms with Gasteiger partial charge in [0.05, 0.1) is 0 Å². The average Bonchev–Trinajstić information content (AvgIpc) is 1.37. The Bertz CT molecular complexity index is 20.9. The van der Waals surface area contributed by atoms with E-state index >= 15 is 0 Å². The van der Waals surface area contributed by atoms with E-state index in [-0.39, 0.29) is 1.43 Å². The largest absolute Gasteiger partial charge is 1.00 e. The zero-order valence-corrected chi connectivity index (χ0v) is 4.99. The predicted octanol–water partition coefficient (Wildman–Crippen LogP) is 0.872. The molecule has 0 amide bonds. The molecule has 0 aromatic rings. The first-order valence-corrected chi connectivity index (χ1v) is 2.94. The second-order valence-corrected chi connectivity index (χ2v) is 1.51. The van der Waals surface area contributed by atoms with E-state index in [1.807, 2.05) is 6.08 Å². The van der Waals surface area contributed by atoms with Gasteiger partial charge in [-0.3, -0.25) is 0 Å². The third kappa shape index (κ3) is 2.56. The smallest absolute Gasteiger partial charge is 1.00 e. The second-order valence-electron chi connectivity index (χ2n) is 0.471. The van der Waals surface area contributed by atoms with Crippen LogP contribution in [-0.4, -0.2) is 23.0 Å². The molecule has 0 heterocycles. The van der Waals surface area contributed by atoms with Crippen LogP contribution in [0.1, 0.15) is 1.43 Å². The Labute approximate surface area is 41.9 Å². The van der Waals surface area contributed by atoms with Crippen LogP contribution in [-0.2, 0) is 0 Å². The van der Waals surface area contributed by atoms with Gasteiger partial charge in [0, 0.05) is 0 Å². The van der Waals surface area contributed by atoms with E-state index in [1.54, 1.807) is 23.0 Å². The van der Waals surface area contributed by atoms with Crippen LogP contribution >= 0.6 is 0 Å². The van der Waals surface area contributed by atoms with E-state index in [2.05, 4.69) is 6.58 Å². The van der Waals surface area contributed by atoms with Gasteiger partial charge in [-0.1, -0.05) is 0 Å². The maximum atomic E-state index is 3.49. The summed E-state index contributed by atoms with van der Waals surface area (Å²) in [5.41, 5.74) is 0. The monoisotopic (exact) mass is 163 g/mol. The van der Waals surface area contributed by atoms with Crippen LogP contribution in [0.5, 0.6) is 0 Å². The summed E-state index contributed by atoms with van der Waals surface area (Å²) in [5, 5.41) is 0. The molecule has 0 N–H and O–H groups in total. The summed E-state index contributed by atoms with van der Waals surface area (Å²) in [6, 6.07) is 0. The SMILES string of the molecule is C=C[CH2][Sb].[H-]. The zero-order valence-electron chi connectivity index (χ0n) is 3.44. The predicted molar refractivity (Wildman–Crippen MR) is 21.9 cm³/mol. The average molecular weight is 164 g/mol. The van der Waals surface area contributed by atoms with Gasteiger partial charge in [0.15, 0.2) is 0 Å². The Morgan fingerprint density at radius 1 is 2.25 bits per heavy atom. The fourth-order valence-electron chi connectivity index (χ4n) is 0. The first-order chi connectivity index (χ1) is 1.91. The molecule has 2 radical (unpaired) electrons. The molecule has 0 unspecified atom stereocenters. The Kier molecular flexibility index (Phi) is 4.05. The molecule has 0 bridgehead atoms. The van der Waals surface area contributed by atoms with Gasteiger partial charge in [-0.25, -0.2) is 0 Å². The fourth-order valence-corrected chi connectivity index (χ4v) is 0. The van der Waals surface area contributed by atoms with Gasteiger partial charge in [-0.05, 0) is 0 Å². The van der Waals surface area contributed by atoms with Crippen LogP contribution in [0.15, 0.2) is 12.7 Å². The number of hydrogen-bond donors (Lipinski definition) is 0. The van der Waals surface area contributed by atoms with E-state index in [1.165, 1.54) is 0 Å². The second kappa shape index (κ2) is 3.56. The third-order valence-corrected chi connectivity index (χ3v) is 0.866. The third-order valence-electron chi connectivity index (χ3n) is 0.129. The molecule has 4 heavy (non-hydrogen) atoms. The van der Waals surface area contributed by atoms with E-state index < -0.39 is 0 Å². The Hall–Kier alpha value is 0.558. The molecule has 0 spiro atoms. The van der Waals surface area contributed by atoms with Crippen molar-refractivity contribution in [3.63, 3.8) is 0 Å². The molecule has 0 fully saturated rings. The van der Waals surface area contributed by atoms with E-state index in [4.69, 9.17) is 0 Å². The molecule has 24 valence electrons. The van der Waals surface area contributed by atoms with Gasteiger partial charge in [0.25, 0.3) is 0 Å². The van der Waals surface area contributed by atoms with E-state index in [9.17, 15) is 0 Å². The summed E-state index contributed by atoms with van der Waals surface area (Å²) in [6.45, 7) is 3.49. The van der Waals surface area contributed by atoms with Crippen molar-refractivity contribution >= 4 is 23.0 Å². The standard InChI is InChI=1S/C3H5.Sb.H/c1-3-2;;/h3H,1-2H2;;/q;;-1. The van der Waals surface area contributed by atoms with Crippen molar-refractivity contribution in [1.29, 1.82) is 0 Å². The summed E-state index contributed by atoms with van der Waals surface area (Å²) < 4.78 is 1.13. The normalized spacial score (nSPS) is 6.25. The van der Waals surface area contributed by atoms with Crippen LogP contribution in [0.4, 0.5) is 0 Å². The van der Waals surface area contributed by atoms with Gasteiger partial charge in [-0.2, -0.15) is 0 Å². The van der Waals surface area contributed by atoms with Gasteiger partial charge in [0.1, 0.15) is 0 Å². The van der Waals surface area contributed by atoms with Gasteiger partial charge in [0.2, 0.25) is 0 Å². The van der Waals surface area contributed by atoms with Gasteiger partial charge < -0.3 is 1.43 Å². The minimum absolute atomic E-state index is 0. The van der Waals surface area contributed by atoms with E-state index in [0.717, 1.165) is 4.37 Å². The Morgan fingerprint density at radius 2 is 2.50 bits per heavy atom. The first-order valence-electron chi connectivity index (χ1n) is 1.13. The number of rotatable bonds is 1. The quantitative estimate of drug-likeness (QED) is 0.398. The van der Waals surface area contributed by atoms with Crippen molar-refractivity contribution < 1.29 is 1.43 Å². The van der Waals surface area contributed by atoms with Crippen LogP contribution < -0.4 is 0 Å². The molecule has 0 aromatic carbocycles. The molecule has 0 rings (SSSR count). The summed E-state index contributed by atoms with van der Waals surface area (Å²) >= 11 is 1.78. The van der Waals surface area contributed by atoms with Crippen molar-refractivity contribution in [2.75, 3.05) is 0 Å². The van der Waals surface area contributed by atoms with E-state index in [0.29, 0.717) is 0 Å². The molecule has 0 saturated carbocycles. The summed E-state index contributed by atoms with van der Waals surface area (Å²) in [7, 11) is 0. The number of allylic oxidation sites excluding steroid dienone is 1. The molecule has 0 aliphatic heterocycles.